The van der Waals surface area contributed by atoms with Crippen LogP contribution in [0.3, 0.4) is 0 Å². The predicted molar refractivity (Wildman–Crippen MR) is 45.2 cm³/mol. The highest BCUT2D eigenvalue weighted by Crippen LogP contribution is 2.15. The highest BCUT2D eigenvalue weighted by atomic mass is 16.3. The lowest BCUT2D eigenvalue weighted by molar-refractivity contribution is 0.471. The summed E-state index contributed by atoms with van der Waals surface area (Å²) in [6.45, 7) is 2.05. The minimum Gasteiger partial charge on any atom is -0.506 e. The summed E-state index contributed by atoms with van der Waals surface area (Å²) in [5.74, 6) is 0.234. The molecule has 0 fully saturated rings. The van der Waals surface area contributed by atoms with E-state index in [1.165, 1.54) is 6.20 Å². The summed E-state index contributed by atoms with van der Waals surface area (Å²) in [7, 11) is 0. The van der Waals surface area contributed by atoms with Gasteiger partial charge in [0.15, 0.2) is 0 Å². The summed E-state index contributed by atoms with van der Waals surface area (Å²) in [5, 5.41) is 9.22. The molecule has 0 aliphatic carbocycles. The number of nitrogens with zero attached hydrogens (tertiary/aromatic N) is 1. The molecule has 0 aliphatic heterocycles. The molecule has 0 unspecified atom stereocenters. The van der Waals surface area contributed by atoms with Crippen molar-refractivity contribution in [3.05, 3.63) is 30.1 Å². The number of aromatic nitrogens is 1. The molecule has 2 nitrogen and oxygen atoms in total. The molecule has 1 heterocycles. The van der Waals surface area contributed by atoms with E-state index in [-0.39, 0.29) is 5.75 Å². The fourth-order valence-corrected chi connectivity index (χ4v) is 0.783. The Morgan fingerprint density at radius 1 is 1.64 bits per heavy atom. The molecule has 0 amide bonds. The molecule has 0 saturated heterocycles. The monoisotopic (exact) mass is 149 g/mol. The number of pyridine rings is 1. The Kier molecular flexibility index (Phi) is 2.66. The highest BCUT2D eigenvalue weighted by Gasteiger charge is 1.92. The Morgan fingerprint density at radius 2 is 2.45 bits per heavy atom. The lowest BCUT2D eigenvalue weighted by Gasteiger charge is -1.94. The Bertz CT molecular complexity index is 255. The first-order valence-electron chi connectivity index (χ1n) is 3.64. The first-order chi connectivity index (χ1) is 5.34. The largest absolute Gasteiger partial charge is 0.506 e. The second kappa shape index (κ2) is 3.76. The van der Waals surface area contributed by atoms with Crippen LogP contribution >= 0.6 is 0 Å². The summed E-state index contributed by atoms with van der Waals surface area (Å²) >= 11 is 0. The molecule has 1 rings (SSSR count). The van der Waals surface area contributed by atoms with Crippen LogP contribution in [-0.2, 0) is 0 Å². The van der Waals surface area contributed by atoms with E-state index < -0.39 is 0 Å². The van der Waals surface area contributed by atoms with E-state index in [9.17, 15) is 5.11 Å². The minimum absolute atomic E-state index is 0.234. The highest BCUT2D eigenvalue weighted by molar-refractivity contribution is 5.55. The zero-order chi connectivity index (χ0) is 8.10. The van der Waals surface area contributed by atoms with Crippen LogP contribution in [0.2, 0.25) is 0 Å². The molecule has 1 aromatic rings. The van der Waals surface area contributed by atoms with Crippen LogP contribution in [0.15, 0.2) is 24.5 Å². The second-order valence-corrected chi connectivity index (χ2v) is 2.25. The molecule has 1 aromatic heterocycles. The fraction of sp³-hybridized carbons (Fsp3) is 0.222. The van der Waals surface area contributed by atoms with Gasteiger partial charge in [-0.2, -0.15) is 0 Å². The third-order valence-electron chi connectivity index (χ3n) is 1.37. The van der Waals surface area contributed by atoms with Crippen molar-refractivity contribution >= 4 is 6.08 Å². The molecule has 0 spiro atoms. The van der Waals surface area contributed by atoms with Gasteiger partial charge in [0.05, 0.1) is 6.20 Å². The first-order valence-corrected chi connectivity index (χ1v) is 3.64. The first kappa shape index (κ1) is 7.79. The Hall–Kier alpha value is -1.31. The van der Waals surface area contributed by atoms with Gasteiger partial charge >= 0.3 is 0 Å². The Balaban J connectivity index is 2.86. The van der Waals surface area contributed by atoms with Crippen molar-refractivity contribution in [2.75, 3.05) is 0 Å². The number of hydrogen-bond acceptors (Lipinski definition) is 2. The van der Waals surface area contributed by atoms with Gasteiger partial charge in [0.2, 0.25) is 0 Å². The average Bonchev–Trinajstić information content (AvgIpc) is 2.03. The molecule has 58 valence electrons. The van der Waals surface area contributed by atoms with Gasteiger partial charge in [0, 0.05) is 11.8 Å². The maximum Gasteiger partial charge on any atom is 0.141 e. The molecule has 2 heteroatoms. The average molecular weight is 149 g/mol. The van der Waals surface area contributed by atoms with Crippen LogP contribution in [0.4, 0.5) is 0 Å². The molecule has 0 saturated carbocycles. The SMILES string of the molecule is CC/C=C/c1ccncc1O. The van der Waals surface area contributed by atoms with Gasteiger partial charge in [-0.05, 0) is 12.5 Å². The normalized spacial score (nSPS) is 10.6. The topological polar surface area (TPSA) is 33.1 Å². The number of allylic oxidation sites excluding steroid dienone is 1. The molecule has 1 N–H and O–H groups in total. The fourth-order valence-electron chi connectivity index (χ4n) is 0.783. The lowest BCUT2D eigenvalue weighted by Crippen LogP contribution is -1.75. The summed E-state index contributed by atoms with van der Waals surface area (Å²) in [5.41, 5.74) is 0.821. The molecular formula is C9H11NO. The van der Waals surface area contributed by atoms with Crippen LogP contribution in [0.1, 0.15) is 18.9 Å². The third kappa shape index (κ3) is 2.08. The zero-order valence-corrected chi connectivity index (χ0v) is 6.49. The smallest absolute Gasteiger partial charge is 0.141 e. The van der Waals surface area contributed by atoms with Crippen molar-refractivity contribution in [3.8, 4) is 5.75 Å². The van der Waals surface area contributed by atoms with Gasteiger partial charge < -0.3 is 5.11 Å². The third-order valence-corrected chi connectivity index (χ3v) is 1.37. The molecule has 0 atom stereocenters. The van der Waals surface area contributed by atoms with Crippen molar-refractivity contribution in [1.82, 2.24) is 4.98 Å². The lowest BCUT2D eigenvalue weighted by atomic mass is 10.2. The standard InChI is InChI=1S/C9H11NO/c1-2-3-4-8-5-6-10-7-9(8)11/h3-7,11H,2H2,1H3/b4-3+. The number of hydrogen-bond donors (Lipinski definition) is 1. The van der Waals surface area contributed by atoms with E-state index in [0.29, 0.717) is 0 Å². The van der Waals surface area contributed by atoms with Crippen LogP contribution < -0.4 is 0 Å². The van der Waals surface area contributed by atoms with Gasteiger partial charge in [-0.25, -0.2) is 0 Å². The molecule has 0 bridgehead atoms. The molecule has 0 aliphatic rings. The molecule has 11 heavy (non-hydrogen) atoms. The van der Waals surface area contributed by atoms with Crippen LogP contribution in [-0.4, -0.2) is 10.1 Å². The zero-order valence-electron chi connectivity index (χ0n) is 6.49. The van der Waals surface area contributed by atoms with E-state index in [4.69, 9.17) is 0 Å². The molecule has 0 radical (unpaired) electrons. The van der Waals surface area contributed by atoms with Crippen molar-refractivity contribution in [1.29, 1.82) is 0 Å². The van der Waals surface area contributed by atoms with Gasteiger partial charge in [-0.15, -0.1) is 0 Å². The van der Waals surface area contributed by atoms with Crippen LogP contribution in [0.25, 0.3) is 6.08 Å². The Morgan fingerprint density at radius 3 is 3.09 bits per heavy atom. The van der Waals surface area contributed by atoms with Crippen molar-refractivity contribution in [2.45, 2.75) is 13.3 Å². The van der Waals surface area contributed by atoms with E-state index in [2.05, 4.69) is 11.9 Å². The molecule has 0 aromatic carbocycles. The second-order valence-electron chi connectivity index (χ2n) is 2.25. The van der Waals surface area contributed by atoms with Crippen LogP contribution in [0.5, 0.6) is 5.75 Å². The summed E-state index contributed by atoms with van der Waals surface area (Å²) in [6.07, 6.45) is 7.96. The maximum absolute atomic E-state index is 9.22. The number of aromatic hydroxyl groups is 1. The van der Waals surface area contributed by atoms with Crippen molar-refractivity contribution < 1.29 is 5.11 Å². The van der Waals surface area contributed by atoms with E-state index in [1.807, 2.05) is 12.2 Å². The van der Waals surface area contributed by atoms with Gasteiger partial charge in [-0.3, -0.25) is 4.98 Å². The van der Waals surface area contributed by atoms with Crippen molar-refractivity contribution in [2.24, 2.45) is 0 Å². The maximum atomic E-state index is 9.22. The van der Waals surface area contributed by atoms with Crippen molar-refractivity contribution in [3.63, 3.8) is 0 Å². The van der Waals surface area contributed by atoms with Crippen LogP contribution in [0, 0.1) is 0 Å². The predicted octanol–water partition coefficient (Wildman–Crippen LogP) is 2.21. The summed E-state index contributed by atoms with van der Waals surface area (Å²) < 4.78 is 0. The van der Waals surface area contributed by atoms with E-state index in [0.717, 1.165) is 12.0 Å². The quantitative estimate of drug-likeness (QED) is 0.699. The van der Waals surface area contributed by atoms with Gasteiger partial charge in [0.1, 0.15) is 5.75 Å². The summed E-state index contributed by atoms with van der Waals surface area (Å²) in [4.78, 5) is 3.77. The summed E-state index contributed by atoms with van der Waals surface area (Å²) in [6, 6.07) is 1.78. The van der Waals surface area contributed by atoms with Gasteiger partial charge in [-0.1, -0.05) is 19.1 Å². The minimum atomic E-state index is 0.234. The van der Waals surface area contributed by atoms with Gasteiger partial charge in [0.25, 0.3) is 0 Å². The number of rotatable bonds is 2. The van der Waals surface area contributed by atoms with E-state index >= 15 is 0 Å². The molecular weight excluding hydrogens is 138 g/mol. The Labute approximate surface area is 66.2 Å². The van der Waals surface area contributed by atoms with E-state index in [1.54, 1.807) is 12.3 Å².